The highest BCUT2D eigenvalue weighted by Gasteiger charge is 2.19. The average molecular weight is 258 g/mol. The molecule has 0 amide bonds. The van der Waals surface area contributed by atoms with Crippen LogP contribution >= 0.6 is 0 Å². The molecule has 0 saturated heterocycles. The Morgan fingerprint density at radius 1 is 1.26 bits per heavy atom. The van der Waals surface area contributed by atoms with Gasteiger partial charge in [-0.1, -0.05) is 12.1 Å². The maximum atomic E-state index is 13.9. The molecule has 2 aromatic rings. The molecule has 0 unspecified atom stereocenters. The Hall–Kier alpha value is -2.01. The van der Waals surface area contributed by atoms with Crippen LogP contribution in [-0.4, -0.2) is 23.6 Å². The minimum atomic E-state index is -0.249. The van der Waals surface area contributed by atoms with Crippen molar-refractivity contribution in [2.45, 2.75) is 13.0 Å². The second-order valence-corrected chi connectivity index (χ2v) is 4.56. The van der Waals surface area contributed by atoms with Crippen LogP contribution in [-0.2, 0) is 13.0 Å². The first-order chi connectivity index (χ1) is 9.27. The van der Waals surface area contributed by atoms with E-state index in [0.29, 0.717) is 5.69 Å². The summed E-state index contributed by atoms with van der Waals surface area (Å²) in [4.78, 5) is 10.4. The number of anilines is 2. The molecule has 0 fully saturated rings. The highest BCUT2D eigenvalue weighted by molar-refractivity contribution is 5.63. The van der Waals surface area contributed by atoms with E-state index in [4.69, 9.17) is 0 Å². The van der Waals surface area contributed by atoms with Crippen molar-refractivity contribution in [2.24, 2.45) is 0 Å². The molecule has 4 nitrogen and oxygen atoms in total. The molecule has 2 heterocycles. The van der Waals surface area contributed by atoms with E-state index < -0.39 is 0 Å². The number of halogens is 1. The zero-order chi connectivity index (χ0) is 13.2. The van der Waals surface area contributed by atoms with E-state index in [1.807, 2.05) is 13.1 Å². The number of benzene rings is 1. The fraction of sp³-hybridized carbons (Fsp3) is 0.286. The number of nitrogens with zero attached hydrogens (tertiary/aromatic N) is 3. The molecular formula is C14H15FN4. The predicted octanol–water partition coefficient (Wildman–Crippen LogP) is 2.03. The molecule has 1 aliphatic rings. The third-order valence-corrected chi connectivity index (χ3v) is 3.38. The molecule has 98 valence electrons. The molecule has 1 N–H and O–H groups in total. The van der Waals surface area contributed by atoms with E-state index in [0.717, 1.165) is 36.6 Å². The number of hydrogen-bond donors (Lipinski definition) is 1. The lowest BCUT2D eigenvalue weighted by molar-refractivity contribution is 0.618. The van der Waals surface area contributed by atoms with Gasteiger partial charge >= 0.3 is 0 Å². The molecule has 1 aromatic heterocycles. The van der Waals surface area contributed by atoms with Crippen molar-refractivity contribution >= 4 is 11.5 Å². The largest absolute Gasteiger partial charge is 0.327 e. The smallest absolute Gasteiger partial charge is 0.146 e. The number of hydrogen-bond acceptors (Lipinski definition) is 4. The summed E-state index contributed by atoms with van der Waals surface area (Å²) < 4.78 is 13.9. The molecule has 1 aromatic carbocycles. The minimum Gasteiger partial charge on any atom is -0.327 e. The number of fused-ring (bicyclic) bond motifs is 1. The Morgan fingerprint density at radius 2 is 2.11 bits per heavy atom. The summed E-state index contributed by atoms with van der Waals surface area (Å²) in [5.74, 6) is 0.517. The SMILES string of the molecule is CN(c1ccccc1F)c1ncnc2c1CNCC2. The van der Waals surface area contributed by atoms with Crippen LogP contribution in [0.4, 0.5) is 15.9 Å². The molecule has 0 aliphatic carbocycles. The zero-order valence-corrected chi connectivity index (χ0v) is 10.7. The molecule has 5 heteroatoms. The maximum absolute atomic E-state index is 13.9. The summed E-state index contributed by atoms with van der Waals surface area (Å²) in [5, 5.41) is 3.30. The number of rotatable bonds is 2. The molecule has 0 saturated carbocycles. The van der Waals surface area contributed by atoms with Crippen LogP contribution in [0.3, 0.4) is 0 Å². The van der Waals surface area contributed by atoms with Gasteiger partial charge in [-0.25, -0.2) is 14.4 Å². The van der Waals surface area contributed by atoms with Crippen molar-refractivity contribution in [2.75, 3.05) is 18.5 Å². The fourth-order valence-corrected chi connectivity index (χ4v) is 2.38. The van der Waals surface area contributed by atoms with Crippen molar-refractivity contribution in [3.05, 3.63) is 47.7 Å². The molecule has 0 bridgehead atoms. The Balaban J connectivity index is 2.05. The standard InChI is InChI=1S/C14H15FN4/c1-19(13-5-3-2-4-11(13)15)14-10-8-16-7-6-12(10)17-9-18-14/h2-5,9,16H,6-8H2,1H3. The van der Waals surface area contributed by atoms with Crippen LogP contribution in [0.2, 0.25) is 0 Å². The lowest BCUT2D eigenvalue weighted by Crippen LogP contribution is -2.27. The molecule has 1 aliphatic heterocycles. The van der Waals surface area contributed by atoms with Crippen molar-refractivity contribution < 1.29 is 4.39 Å². The van der Waals surface area contributed by atoms with Crippen LogP contribution in [0, 0.1) is 5.82 Å². The van der Waals surface area contributed by atoms with Crippen molar-refractivity contribution in [3.63, 3.8) is 0 Å². The maximum Gasteiger partial charge on any atom is 0.146 e. The van der Waals surface area contributed by atoms with Gasteiger partial charge in [0.25, 0.3) is 0 Å². The summed E-state index contributed by atoms with van der Waals surface area (Å²) in [6.45, 7) is 1.65. The van der Waals surface area contributed by atoms with Crippen molar-refractivity contribution in [1.29, 1.82) is 0 Å². The van der Waals surface area contributed by atoms with Gasteiger partial charge < -0.3 is 10.2 Å². The van der Waals surface area contributed by atoms with Crippen LogP contribution in [0.25, 0.3) is 0 Å². The third kappa shape index (κ3) is 2.17. The summed E-state index contributed by atoms with van der Waals surface area (Å²) in [6, 6.07) is 6.71. The van der Waals surface area contributed by atoms with E-state index in [2.05, 4.69) is 15.3 Å². The molecule has 0 spiro atoms. The van der Waals surface area contributed by atoms with Gasteiger partial charge in [-0.2, -0.15) is 0 Å². The number of nitrogens with one attached hydrogen (secondary N) is 1. The Morgan fingerprint density at radius 3 is 2.95 bits per heavy atom. The van der Waals surface area contributed by atoms with E-state index in [9.17, 15) is 4.39 Å². The average Bonchev–Trinajstić information content (AvgIpc) is 2.46. The first-order valence-corrected chi connectivity index (χ1v) is 6.29. The summed E-state index contributed by atoms with van der Waals surface area (Å²) >= 11 is 0. The van der Waals surface area contributed by atoms with Gasteiger partial charge in [-0.3, -0.25) is 0 Å². The van der Waals surface area contributed by atoms with Gasteiger partial charge in [0.1, 0.15) is 18.0 Å². The molecular weight excluding hydrogens is 243 g/mol. The summed E-state index contributed by atoms with van der Waals surface area (Å²) in [7, 11) is 1.83. The highest BCUT2D eigenvalue weighted by atomic mass is 19.1. The predicted molar refractivity (Wildman–Crippen MR) is 71.9 cm³/mol. The summed E-state index contributed by atoms with van der Waals surface area (Å²) in [5.41, 5.74) is 2.63. The first kappa shape index (κ1) is 12.0. The molecule has 19 heavy (non-hydrogen) atoms. The van der Waals surface area contributed by atoms with Gasteiger partial charge in [-0.05, 0) is 12.1 Å². The summed E-state index contributed by atoms with van der Waals surface area (Å²) in [6.07, 6.45) is 2.44. The van der Waals surface area contributed by atoms with Crippen molar-refractivity contribution in [1.82, 2.24) is 15.3 Å². The lowest BCUT2D eigenvalue weighted by Gasteiger charge is -2.25. The van der Waals surface area contributed by atoms with Crippen LogP contribution in [0.15, 0.2) is 30.6 Å². The first-order valence-electron chi connectivity index (χ1n) is 6.29. The topological polar surface area (TPSA) is 41.1 Å². The molecule has 0 radical (unpaired) electrons. The second-order valence-electron chi connectivity index (χ2n) is 4.56. The zero-order valence-electron chi connectivity index (χ0n) is 10.7. The van der Waals surface area contributed by atoms with Gasteiger partial charge in [-0.15, -0.1) is 0 Å². The Labute approximate surface area is 111 Å². The van der Waals surface area contributed by atoms with Gasteiger partial charge in [0.2, 0.25) is 0 Å². The quantitative estimate of drug-likeness (QED) is 0.895. The number of para-hydroxylation sites is 1. The molecule has 0 atom stereocenters. The normalized spacial score (nSPS) is 14.0. The van der Waals surface area contributed by atoms with E-state index >= 15 is 0 Å². The van der Waals surface area contributed by atoms with Gasteiger partial charge in [0.05, 0.1) is 11.4 Å². The highest BCUT2D eigenvalue weighted by Crippen LogP contribution is 2.29. The monoisotopic (exact) mass is 258 g/mol. The van der Waals surface area contributed by atoms with Gasteiger partial charge in [0, 0.05) is 32.1 Å². The van der Waals surface area contributed by atoms with Crippen molar-refractivity contribution in [3.8, 4) is 0 Å². The number of aromatic nitrogens is 2. The van der Waals surface area contributed by atoms with Crippen LogP contribution < -0.4 is 10.2 Å². The fourth-order valence-electron chi connectivity index (χ4n) is 2.38. The van der Waals surface area contributed by atoms with E-state index in [1.165, 1.54) is 6.07 Å². The molecule has 3 rings (SSSR count). The van der Waals surface area contributed by atoms with Crippen LogP contribution in [0.5, 0.6) is 0 Å². The Kier molecular flexibility index (Phi) is 3.13. The van der Waals surface area contributed by atoms with E-state index in [-0.39, 0.29) is 5.82 Å². The van der Waals surface area contributed by atoms with E-state index in [1.54, 1.807) is 23.4 Å². The van der Waals surface area contributed by atoms with Gasteiger partial charge in [0.15, 0.2) is 0 Å². The Bertz CT molecular complexity index is 600. The third-order valence-electron chi connectivity index (χ3n) is 3.38. The minimum absolute atomic E-state index is 0.249. The second kappa shape index (κ2) is 4.93. The lowest BCUT2D eigenvalue weighted by atomic mass is 10.1. The van der Waals surface area contributed by atoms with Crippen LogP contribution in [0.1, 0.15) is 11.3 Å².